The van der Waals surface area contributed by atoms with E-state index in [9.17, 15) is 19.5 Å². The quantitative estimate of drug-likeness (QED) is 0.877. The van der Waals surface area contributed by atoms with Crippen molar-refractivity contribution < 1.29 is 19.5 Å². The first-order valence-electron chi connectivity index (χ1n) is 7.96. The molecular weight excluding hydrogens is 296 g/mol. The van der Waals surface area contributed by atoms with E-state index < -0.39 is 5.97 Å². The van der Waals surface area contributed by atoms with Crippen LogP contribution in [0.15, 0.2) is 24.3 Å². The summed E-state index contributed by atoms with van der Waals surface area (Å²) in [6.07, 6.45) is 3.90. The number of aromatic carboxylic acids is 1. The van der Waals surface area contributed by atoms with Crippen LogP contribution in [0.1, 0.15) is 41.6 Å². The number of fused-ring (bicyclic) bond motifs is 1. The second-order valence-corrected chi connectivity index (χ2v) is 6.19. The van der Waals surface area contributed by atoms with Crippen molar-refractivity contribution in [3.63, 3.8) is 0 Å². The molecular formula is C17H20N2O4. The van der Waals surface area contributed by atoms with Gasteiger partial charge in [-0.25, -0.2) is 4.79 Å². The molecule has 2 atom stereocenters. The molecule has 1 aliphatic carbocycles. The number of piperazine rings is 1. The Kier molecular flexibility index (Phi) is 4.32. The first-order chi connectivity index (χ1) is 11.1. The van der Waals surface area contributed by atoms with Crippen molar-refractivity contribution in [3.05, 3.63) is 35.4 Å². The molecule has 6 nitrogen and oxygen atoms in total. The van der Waals surface area contributed by atoms with E-state index in [-0.39, 0.29) is 42.4 Å². The maximum absolute atomic E-state index is 12.7. The topological polar surface area (TPSA) is 86.7 Å². The molecule has 0 aromatic heterocycles. The minimum atomic E-state index is -1.04. The molecule has 2 amide bonds. The minimum absolute atomic E-state index is 0.0129. The summed E-state index contributed by atoms with van der Waals surface area (Å²) in [5.41, 5.74) is 0.630. The van der Waals surface area contributed by atoms with Crippen molar-refractivity contribution in [2.45, 2.75) is 44.2 Å². The molecule has 1 aromatic carbocycles. The molecule has 23 heavy (non-hydrogen) atoms. The van der Waals surface area contributed by atoms with Crippen LogP contribution in [0.3, 0.4) is 0 Å². The van der Waals surface area contributed by atoms with Crippen molar-refractivity contribution in [2.24, 2.45) is 0 Å². The average Bonchev–Trinajstić information content (AvgIpc) is 2.54. The third-order valence-corrected chi connectivity index (χ3v) is 4.70. The van der Waals surface area contributed by atoms with Crippen molar-refractivity contribution in [1.82, 2.24) is 10.2 Å². The van der Waals surface area contributed by atoms with E-state index >= 15 is 0 Å². The number of benzene rings is 1. The number of nitrogens with zero attached hydrogens (tertiary/aromatic N) is 1. The summed E-state index contributed by atoms with van der Waals surface area (Å²) in [6.45, 7) is 0.0647. The molecule has 0 radical (unpaired) electrons. The summed E-state index contributed by atoms with van der Waals surface area (Å²) in [4.78, 5) is 37.5. The van der Waals surface area contributed by atoms with E-state index in [1.54, 1.807) is 23.1 Å². The number of hydrogen-bond acceptors (Lipinski definition) is 3. The first kappa shape index (κ1) is 15.5. The molecule has 1 saturated carbocycles. The largest absolute Gasteiger partial charge is 0.478 e. The summed E-state index contributed by atoms with van der Waals surface area (Å²) < 4.78 is 0. The van der Waals surface area contributed by atoms with Crippen LogP contribution in [0.25, 0.3) is 0 Å². The number of carboxylic acid groups (broad SMARTS) is 1. The predicted molar refractivity (Wildman–Crippen MR) is 83.0 cm³/mol. The molecule has 0 bridgehead atoms. The molecule has 122 valence electrons. The predicted octanol–water partition coefficient (Wildman–Crippen LogP) is 1.20. The molecule has 1 aromatic rings. The highest BCUT2D eigenvalue weighted by atomic mass is 16.4. The van der Waals surface area contributed by atoms with Gasteiger partial charge in [0.05, 0.1) is 24.6 Å². The van der Waals surface area contributed by atoms with Gasteiger partial charge in [0.1, 0.15) is 0 Å². The zero-order valence-electron chi connectivity index (χ0n) is 12.8. The summed E-state index contributed by atoms with van der Waals surface area (Å²) in [6, 6.07) is 6.58. The van der Waals surface area contributed by atoms with Gasteiger partial charge in [-0.3, -0.25) is 9.59 Å². The number of amides is 2. The van der Waals surface area contributed by atoms with Crippen LogP contribution >= 0.6 is 0 Å². The number of carbonyl (C=O) groups is 3. The fourth-order valence-corrected chi connectivity index (χ4v) is 3.60. The lowest BCUT2D eigenvalue weighted by molar-refractivity contribution is -0.143. The molecule has 2 fully saturated rings. The lowest BCUT2D eigenvalue weighted by Gasteiger charge is -2.44. The Bertz CT molecular complexity index is 643. The fourth-order valence-electron chi connectivity index (χ4n) is 3.60. The molecule has 1 aliphatic heterocycles. The Morgan fingerprint density at radius 1 is 1.22 bits per heavy atom. The Morgan fingerprint density at radius 3 is 2.74 bits per heavy atom. The number of rotatable bonds is 3. The smallest absolute Gasteiger partial charge is 0.335 e. The van der Waals surface area contributed by atoms with E-state index in [1.165, 1.54) is 6.07 Å². The standard InChI is InChI=1S/C17H20N2O4/c20-15-10-19(14-8-4-3-7-13(14)18-15)16(21)9-11-5-1-2-6-12(11)17(22)23/h1-2,5-6,13-14H,3-4,7-10H2,(H,18,20)(H,22,23). The SMILES string of the molecule is O=C1CN(C(=O)Cc2ccccc2C(=O)O)C2CCCCC2N1. The second-order valence-electron chi connectivity index (χ2n) is 6.19. The third-order valence-electron chi connectivity index (χ3n) is 4.70. The van der Waals surface area contributed by atoms with E-state index in [0.717, 1.165) is 25.7 Å². The third kappa shape index (κ3) is 3.21. The summed E-state index contributed by atoms with van der Waals surface area (Å²) >= 11 is 0. The Morgan fingerprint density at radius 2 is 1.96 bits per heavy atom. The van der Waals surface area contributed by atoms with Gasteiger partial charge in [0, 0.05) is 6.04 Å². The van der Waals surface area contributed by atoms with Crippen LogP contribution in [0.5, 0.6) is 0 Å². The molecule has 0 spiro atoms. The molecule has 2 aliphatic rings. The number of nitrogens with one attached hydrogen (secondary N) is 1. The molecule has 6 heteroatoms. The second kappa shape index (κ2) is 6.40. The highest BCUT2D eigenvalue weighted by molar-refractivity contribution is 5.93. The van der Waals surface area contributed by atoms with Gasteiger partial charge in [-0.2, -0.15) is 0 Å². The Labute approximate surface area is 134 Å². The lowest BCUT2D eigenvalue weighted by Crippen LogP contribution is -2.63. The minimum Gasteiger partial charge on any atom is -0.478 e. The van der Waals surface area contributed by atoms with Crippen molar-refractivity contribution >= 4 is 17.8 Å². The number of carbonyl (C=O) groups excluding carboxylic acids is 2. The Hall–Kier alpha value is -2.37. The van der Waals surface area contributed by atoms with E-state index in [0.29, 0.717) is 5.56 Å². The van der Waals surface area contributed by atoms with E-state index in [1.807, 2.05) is 0 Å². The van der Waals surface area contributed by atoms with Crippen molar-refractivity contribution in [3.8, 4) is 0 Å². The molecule has 2 N–H and O–H groups in total. The Balaban J connectivity index is 1.79. The van der Waals surface area contributed by atoms with Crippen LogP contribution < -0.4 is 5.32 Å². The monoisotopic (exact) mass is 316 g/mol. The van der Waals surface area contributed by atoms with E-state index in [2.05, 4.69) is 5.32 Å². The highest BCUT2D eigenvalue weighted by Crippen LogP contribution is 2.26. The van der Waals surface area contributed by atoms with Crippen molar-refractivity contribution in [1.29, 1.82) is 0 Å². The first-order valence-corrected chi connectivity index (χ1v) is 7.96. The van der Waals surface area contributed by atoms with Crippen LogP contribution in [0.4, 0.5) is 0 Å². The van der Waals surface area contributed by atoms with Gasteiger partial charge in [0.2, 0.25) is 11.8 Å². The number of hydrogen-bond donors (Lipinski definition) is 2. The van der Waals surface area contributed by atoms with Gasteiger partial charge < -0.3 is 15.3 Å². The van der Waals surface area contributed by atoms with Gasteiger partial charge >= 0.3 is 5.97 Å². The van der Waals surface area contributed by atoms with Gasteiger partial charge in [-0.1, -0.05) is 31.0 Å². The summed E-state index contributed by atoms with van der Waals surface area (Å²) in [7, 11) is 0. The lowest BCUT2D eigenvalue weighted by atomic mass is 9.87. The molecule has 1 saturated heterocycles. The summed E-state index contributed by atoms with van der Waals surface area (Å²) in [5.74, 6) is -1.35. The molecule has 3 rings (SSSR count). The normalized spacial score (nSPS) is 23.8. The molecule has 1 heterocycles. The van der Waals surface area contributed by atoms with Gasteiger partial charge in [0.15, 0.2) is 0 Å². The van der Waals surface area contributed by atoms with Crippen LogP contribution in [-0.4, -0.2) is 46.4 Å². The van der Waals surface area contributed by atoms with Gasteiger partial charge in [-0.15, -0.1) is 0 Å². The van der Waals surface area contributed by atoms with Crippen LogP contribution in [0.2, 0.25) is 0 Å². The zero-order chi connectivity index (χ0) is 16.4. The highest BCUT2D eigenvalue weighted by Gasteiger charge is 2.38. The van der Waals surface area contributed by atoms with Gasteiger partial charge in [0.25, 0.3) is 0 Å². The fraction of sp³-hybridized carbons (Fsp3) is 0.471. The summed E-state index contributed by atoms with van der Waals surface area (Å²) in [5, 5.41) is 12.2. The van der Waals surface area contributed by atoms with Crippen LogP contribution in [0, 0.1) is 0 Å². The van der Waals surface area contributed by atoms with E-state index in [4.69, 9.17) is 0 Å². The van der Waals surface area contributed by atoms with Gasteiger partial charge in [-0.05, 0) is 24.5 Å². The maximum atomic E-state index is 12.7. The zero-order valence-corrected chi connectivity index (χ0v) is 12.8. The number of carboxylic acids is 1. The maximum Gasteiger partial charge on any atom is 0.335 e. The van der Waals surface area contributed by atoms with Crippen LogP contribution in [-0.2, 0) is 16.0 Å². The van der Waals surface area contributed by atoms with Crippen molar-refractivity contribution in [2.75, 3.05) is 6.54 Å². The average molecular weight is 316 g/mol. The molecule has 2 unspecified atom stereocenters.